The molecule has 1 amide bonds. The van der Waals surface area contributed by atoms with Crippen LogP contribution in [-0.4, -0.2) is 83.1 Å². The van der Waals surface area contributed by atoms with Gasteiger partial charge >= 0.3 is 0 Å². The summed E-state index contributed by atoms with van der Waals surface area (Å²) in [5, 5.41) is 3.49. The van der Waals surface area contributed by atoms with Crippen LogP contribution in [-0.2, 0) is 4.74 Å². The smallest absolute Gasteiger partial charge is 0.254 e. The molecule has 6 rings (SSSR count). The van der Waals surface area contributed by atoms with Crippen molar-refractivity contribution in [3.05, 3.63) is 59.2 Å². The summed E-state index contributed by atoms with van der Waals surface area (Å²) in [6, 6.07) is 6.64. The first-order valence-electron chi connectivity index (χ1n) is 15.0. The zero-order valence-corrected chi connectivity index (χ0v) is 24.5. The van der Waals surface area contributed by atoms with Crippen molar-refractivity contribution in [2.45, 2.75) is 58.5 Å². The lowest BCUT2D eigenvalue weighted by Gasteiger charge is -2.50. The van der Waals surface area contributed by atoms with Crippen LogP contribution in [0.15, 0.2) is 30.5 Å². The van der Waals surface area contributed by atoms with E-state index in [0.29, 0.717) is 60.1 Å². The van der Waals surface area contributed by atoms with Gasteiger partial charge in [-0.1, -0.05) is 19.9 Å². The summed E-state index contributed by atoms with van der Waals surface area (Å²) >= 11 is 0. The van der Waals surface area contributed by atoms with E-state index in [2.05, 4.69) is 29.0 Å². The predicted octanol–water partition coefficient (Wildman–Crippen LogP) is 4.87. The average Bonchev–Trinajstić information content (AvgIpc) is 3.23. The molecule has 220 valence electrons. The topological polar surface area (TPSA) is 62.1 Å². The van der Waals surface area contributed by atoms with Gasteiger partial charge in [-0.3, -0.25) is 9.69 Å². The molecule has 0 bridgehead atoms. The first-order chi connectivity index (χ1) is 19.7. The number of pyridine rings is 1. The number of piperidine rings is 1. The second-order valence-electron chi connectivity index (χ2n) is 12.4. The molecule has 3 aliphatic heterocycles. The van der Waals surface area contributed by atoms with Crippen LogP contribution < -0.4 is 5.32 Å². The fourth-order valence-corrected chi connectivity index (χ4v) is 7.29. The van der Waals surface area contributed by atoms with Crippen LogP contribution in [0.25, 0.3) is 16.6 Å². The Balaban J connectivity index is 1.37. The number of hydrogen-bond donors (Lipinski definition) is 1. The number of imidazole rings is 1. The number of carbonyl (C=O) groups excluding carboxylic acids is 1. The molecule has 0 unspecified atom stereocenters. The number of aromatic nitrogens is 2. The molecule has 2 atom stereocenters. The highest BCUT2D eigenvalue weighted by Crippen LogP contribution is 2.39. The molecule has 5 heterocycles. The van der Waals surface area contributed by atoms with E-state index in [-0.39, 0.29) is 23.4 Å². The summed E-state index contributed by atoms with van der Waals surface area (Å²) in [4.78, 5) is 22.2. The first kappa shape index (κ1) is 28.2. The van der Waals surface area contributed by atoms with Crippen LogP contribution in [0, 0.1) is 30.5 Å². The van der Waals surface area contributed by atoms with Crippen LogP contribution >= 0.6 is 0 Å². The zero-order valence-electron chi connectivity index (χ0n) is 24.5. The standard InChI is InChI=1S/C32H41F2N5O2/c1-19(2)29(22-7-9-35-10-8-22)37-15-24(16-37)23-13-27(30-31(34)36-21(4)39(30)17-23)26-6-5-25(33)14-28(26)32(40)38-11-12-41-18-20(38)3/h5-6,13-14,17,19-20,22,24,29,35H,7-12,15-16,18H2,1-4H3/t20-,29-/m1/s1. The van der Waals surface area contributed by atoms with Gasteiger partial charge in [0.25, 0.3) is 5.91 Å². The number of carbonyl (C=O) groups is 1. The molecular formula is C32H41F2N5O2. The highest BCUT2D eigenvalue weighted by atomic mass is 19.1. The molecule has 1 N–H and O–H groups in total. The summed E-state index contributed by atoms with van der Waals surface area (Å²) in [7, 11) is 0. The Morgan fingerprint density at radius 2 is 1.88 bits per heavy atom. The molecule has 1 aromatic carbocycles. The molecule has 7 nitrogen and oxygen atoms in total. The predicted molar refractivity (Wildman–Crippen MR) is 155 cm³/mol. The van der Waals surface area contributed by atoms with E-state index in [9.17, 15) is 9.18 Å². The molecule has 41 heavy (non-hydrogen) atoms. The van der Waals surface area contributed by atoms with E-state index in [1.807, 2.05) is 19.2 Å². The second-order valence-corrected chi connectivity index (χ2v) is 12.4. The number of nitrogens with one attached hydrogen (secondary N) is 1. The van der Waals surface area contributed by atoms with Gasteiger partial charge in [0.2, 0.25) is 5.95 Å². The summed E-state index contributed by atoms with van der Waals surface area (Å²) in [5.74, 6) is 0.725. The van der Waals surface area contributed by atoms with E-state index >= 15 is 4.39 Å². The average molecular weight is 566 g/mol. The normalized spacial score (nSPS) is 21.9. The Labute approximate surface area is 240 Å². The number of fused-ring (bicyclic) bond motifs is 1. The maximum atomic E-state index is 15.3. The SMILES string of the molecule is Cc1nc(F)c2c(-c3ccc(F)cc3C(=O)N3CCOC[C@H]3C)cc(C3CN([C@H](C(C)C)C4CCNCC4)C3)cn12. The van der Waals surface area contributed by atoms with Crippen molar-refractivity contribution in [3.8, 4) is 11.1 Å². The molecule has 3 saturated heterocycles. The summed E-state index contributed by atoms with van der Waals surface area (Å²) in [5.41, 5.74) is 2.72. The van der Waals surface area contributed by atoms with Crippen molar-refractivity contribution in [3.63, 3.8) is 0 Å². The molecule has 3 aliphatic rings. The van der Waals surface area contributed by atoms with Gasteiger partial charge in [0.05, 0.1) is 24.8 Å². The molecule has 0 saturated carbocycles. The van der Waals surface area contributed by atoms with Gasteiger partial charge in [-0.15, -0.1) is 0 Å². The van der Waals surface area contributed by atoms with Crippen molar-refractivity contribution in [2.24, 2.45) is 11.8 Å². The Morgan fingerprint density at radius 3 is 2.59 bits per heavy atom. The monoisotopic (exact) mass is 565 g/mol. The number of halogens is 2. The number of benzene rings is 1. The van der Waals surface area contributed by atoms with Crippen molar-refractivity contribution in [1.82, 2.24) is 24.5 Å². The Kier molecular flexibility index (Phi) is 7.87. The van der Waals surface area contributed by atoms with E-state index in [4.69, 9.17) is 4.74 Å². The third kappa shape index (κ3) is 5.28. The van der Waals surface area contributed by atoms with Gasteiger partial charge in [-0.2, -0.15) is 4.39 Å². The highest BCUT2D eigenvalue weighted by molar-refractivity contribution is 6.03. The van der Waals surface area contributed by atoms with Crippen LogP contribution in [0.1, 0.15) is 61.3 Å². The van der Waals surface area contributed by atoms with Crippen molar-refractivity contribution in [2.75, 3.05) is 45.9 Å². The molecule has 9 heteroatoms. The summed E-state index contributed by atoms with van der Waals surface area (Å²) < 4.78 is 37.3. The number of aryl methyl sites for hydroxylation is 1. The van der Waals surface area contributed by atoms with Gasteiger partial charge in [0.1, 0.15) is 17.2 Å². The van der Waals surface area contributed by atoms with Crippen LogP contribution in [0.2, 0.25) is 0 Å². The van der Waals surface area contributed by atoms with Gasteiger partial charge < -0.3 is 19.4 Å². The van der Waals surface area contributed by atoms with Gasteiger partial charge in [-0.05, 0) is 80.9 Å². The lowest BCUT2D eigenvalue weighted by molar-refractivity contribution is 0.00361. The van der Waals surface area contributed by atoms with E-state index in [1.165, 1.54) is 25.0 Å². The molecule has 3 fully saturated rings. The minimum absolute atomic E-state index is 0.137. The number of rotatable bonds is 6. The zero-order chi connectivity index (χ0) is 28.8. The lowest BCUT2D eigenvalue weighted by atomic mass is 9.79. The number of amides is 1. The Hall–Kier alpha value is -2.88. The molecular weight excluding hydrogens is 524 g/mol. The first-order valence-corrected chi connectivity index (χ1v) is 15.0. The van der Waals surface area contributed by atoms with E-state index in [1.54, 1.807) is 22.3 Å². The molecule has 0 spiro atoms. The third-order valence-corrected chi connectivity index (χ3v) is 9.37. The van der Waals surface area contributed by atoms with Crippen LogP contribution in [0.3, 0.4) is 0 Å². The number of hydrogen-bond acceptors (Lipinski definition) is 5. The number of likely N-dealkylation sites (tertiary alicyclic amines) is 1. The maximum Gasteiger partial charge on any atom is 0.254 e. The number of nitrogens with zero attached hydrogens (tertiary/aromatic N) is 4. The molecule has 0 aliphatic carbocycles. The van der Waals surface area contributed by atoms with Gasteiger partial charge in [0.15, 0.2) is 0 Å². The number of ether oxygens (including phenoxy) is 1. The summed E-state index contributed by atoms with van der Waals surface area (Å²) in [6.45, 7) is 13.7. The summed E-state index contributed by atoms with van der Waals surface area (Å²) in [6.07, 6.45) is 4.41. The molecule has 3 aromatic rings. The quantitative estimate of drug-likeness (QED) is 0.462. The molecule has 0 radical (unpaired) electrons. The van der Waals surface area contributed by atoms with Gasteiger partial charge in [0, 0.05) is 43.4 Å². The van der Waals surface area contributed by atoms with Gasteiger partial charge in [-0.25, -0.2) is 9.37 Å². The van der Waals surface area contributed by atoms with Crippen molar-refractivity contribution < 1.29 is 18.3 Å². The minimum Gasteiger partial charge on any atom is -0.377 e. The Bertz CT molecular complexity index is 1430. The molecule has 2 aromatic heterocycles. The number of morpholine rings is 1. The van der Waals surface area contributed by atoms with Crippen molar-refractivity contribution in [1.29, 1.82) is 0 Å². The second kappa shape index (κ2) is 11.4. The minimum atomic E-state index is -0.590. The fourth-order valence-electron chi connectivity index (χ4n) is 7.29. The van der Waals surface area contributed by atoms with Crippen molar-refractivity contribution >= 4 is 11.4 Å². The largest absolute Gasteiger partial charge is 0.377 e. The van der Waals surface area contributed by atoms with E-state index in [0.717, 1.165) is 31.7 Å². The van der Waals surface area contributed by atoms with Crippen LogP contribution in [0.4, 0.5) is 8.78 Å². The highest BCUT2D eigenvalue weighted by Gasteiger charge is 2.39. The van der Waals surface area contributed by atoms with Crippen LogP contribution in [0.5, 0.6) is 0 Å². The third-order valence-electron chi connectivity index (χ3n) is 9.37. The fraction of sp³-hybridized carbons (Fsp3) is 0.562. The Morgan fingerprint density at radius 1 is 1.12 bits per heavy atom. The lowest BCUT2D eigenvalue weighted by Crippen LogP contribution is -2.56. The van der Waals surface area contributed by atoms with E-state index < -0.39 is 11.8 Å². The maximum absolute atomic E-state index is 15.3.